The summed E-state index contributed by atoms with van der Waals surface area (Å²) in [5.74, 6) is 1.51. The van der Waals surface area contributed by atoms with Crippen LogP contribution >= 0.6 is 11.3 Å². The summed E-state index contributed by atoms with van der Waals surface area (Å²) >= 11 is 2.00. The standard InChI is InChI=1S/C55H42S/c1-4-23-47-40(16-1)41-17-2-5-24-48(41)55(47)49-25-10-20-43-39-29-28-36(32-46(39)44-21-11-26-50(55)53(44)52(43)49)34-13-7-12-33(30-34)35-14-8-15-37(31-35)38-19-9-22-45-42-18-3-6-27-51(42)56-54(38)45/h1-2,4-8,10-17,19-21,23,27-32,48-50H,3,9,18,22,24-26H2. The number of allylic oxidation sites excluding steroid dienone is 8. The van der Waals surface area contributed by atoms with E-state index in [1.807, 2.05) is 11.3 Å². The lowest BCUT2D eigenvalue weighted by molar-refractivity contribution is 0.248. The molecular weight excluding hydrogens is 693 g/mol. The Bertz CT molecular complexity index is 2910. The van der Waals surface area contributed by atoms with Crippen LogP contribution in [0.2, 0.25) is 0 Å². The van der Waals surface area contributed by atoms with Crippen LogP contribution in [-0.2, 0) is 18.3 Å². The van der Waals surface area contributed by atoms with Crippen molar-refractivity contribution in [3.8, 4) is 22.3 Å². The van der Waals surface area contributed by atoms with Gasteiger partial charge in [-0.1, -0.05) is 127 Å². The van der Waals surface area contributed by atoms with Crippen LogP contribution in [0, 0.1) is 5.92 Å². The van der Waals surface area contributed by atoms with E-state index >= 15 is 0 Å². The Kier molecular flexibility index (Phi) is 6.65. The van der Waals surface area contributed by atoms with E-state index in [9.17, 15) is 0 Å². The van der Waals surface area contributed by atoms with Gasteiger partial charge in [0.05, 0.1) is 0 Å². The van der Waals surface area contributed by atoms with Crippen LogP contribution in [0.25, 0.3) is 62.4 Å². The van der Waals surface area contributed by atoms with Gasteiger partial charge in [0.1, 0.15) is 0 Å². The van der Waals surface area contributed by atoms with Gasteiger partial charge in [0.25, 0.3) is 0 Å². The van der Waals surface area contributed by atoms with Crippen molar-refractivity contribution in [3.63, 3.8) is 0 Å². The predicted octanol–water partition coefficient (Wildman–Crippen LogP) is 14.5. The molecule has 1 heterocycles. The molecule has 1 heteroatoms. The molecule has 13 rings (SSSR count). The van der Waals surface area contributed by atoms with Gasteiger partial charge in [-0.2, -0.15) is 0 Å². The minimum atomic E-state index is 0.0901. The Balaban J connectivity index is 0.921. The quantitative estimate of drug-likeness (QED) is 0.170. The molecule has 268 valence electrons. The number of fused-ring (bicyclic) bond motifs is 13. The third kappa shape index (κ3) is 4.14. The summed E-state index contributed by atoms with van der Waals surface area (Å²) < 4.78 is 0. The highest BCUT2D eigenvalue weighted by molar-refractivity contribution is 7.14. The smallest absolute Gasteiger partial charge is 0.0386 e. The first-order valence-electron chi connectivity index (χ1n) is 20.9. The third-order valence-corrected chi connectivity index (χ3v) is 16.0. The van der Waals surface area contributed by atoms with E-state index in [1.165, 1.54) is 89.9 Å². The van der Waals surface area contributed by atoms with Gasteiger partial charge in [0.15, 0.2) is 0 Å². The second-order valence-corrected chi connectivity index (χ2v) is 18.2. The third-order valence-electron chi connectivity index (χ3n) is 14.7. The van der Waals surface area contributed by atoms with Crippen LogP contribution in [0.3, 0.4) is 0 Å². The fourth-order valence-electron chi connectivity index (χ4n) is 12.7. The Hall–Kier alpha value is -5.50. The van der Waals surface area contributed by atoms with Crippen LogP contribution in [0.4, 0.5) is 0 Å². The lowest BCUT2D eigenvalue weighted by atomic mass is 9.57. The van der Waals surface area contributed by atoms with E-state index < -0.39 is 0 Å². The number of thiophene rings is 1. The molecule has 0 nitrogen and oxygen atoms in total. The molecule has 0 saturated carbocycles. The van der Waals surface area contributed by atoms with Crippen LogP contribution in [0.1, 0.15) is 104 Å². The summed E-state index contributed by atoms with van der Waals surface area (Å²) in [6, 6.07) is 35.4. The zero-order valence-electron chi connectivity index (χ0n) is 31.5. The molecule has 0 N–H and O–H groups in total. The molecule has 0 radical (unpaired) electrons. The number of rotatable bonds is 3. The molecule has 4 atom stereocenters. The lowest BCUT2D eigenvalue weighted by Crippen LogP contribution is -2.40. The van der Waals surface area contributed by atoms with E-state index in [1.54, 1.807) is 33.4 Å². The first kappa shape index (κ1) is 31.7. The molecule has 1 spiro atoms. The molecular formula is C55H42S. The average Bonchev–Trinajstić information content (AvgIpc) is 3.91. The fourth-order valence-corrected chi connectivity index (χ4v) is 14.0. The number of hydrogen-bond donors (Lipinski definition) is 0. The van der Waals surface area contributed by atoms with E-state index in [-0.39, 0.29) is 5.41 Å². The largest absolute Gasteiger partial charge is 0.135 e. The van der Waals surface area contributed by atoms with Crippen molar-refractivity contribution < 1.29 is 0 Å². The number of hydrogen-bond acceptors (Lipinski definition) is 1. The van der Waals surface area contributed by atoms with Gasteiger partial charge in [-0.25, -0.2) is 0 Å². The molecule has 7 aliphatic carbocycles. The van der Waals surface area contributed by atoms with Crippen LogP contribution in [0.5, 0.6) is 0 Å². The SMILES string of the molecule is C1=CCC2C(=C1)c1ccccc1C21C2CC=Cc3c2c2c(c4cc(-c5cccc(-c6cccc(C7=CCCc8c7sc7c8CCC=C7)c6)c5)ccc34)C=CCC21. The molecule has 5 aromatic carbocycles. The normalized spacial score (nSPS) is 24.1. The van der Waals surface area contributed by atoms with E-state index in [0.717, 1.165) is 25.7 Å². The predicted molar refractivity (Wildman–Crippen MR) is 238 cm³/mol. The van der Waals surface area contributed by atoms with Crippen LogP contribution in [0.15, 0.2) is 134 Å². The maximum absolute atomic E-state index is 2.52. The van der Waals surface area contributed by atoms with E-state index in [0.29, 0.717) is 17.8 Å². The van der Waals surface area contributed by atoms with Gasteiger partial charge in [0.2, 0.25) is 0 Å². The Labute approximate surface area is 333 Å². The molecule has 0 bridgehead atoms. The first-order chi connectivity index (χ1) is 27.8. The van der Waals surface area contributed by atoms with Crippen molar-refractivity contribution in [1.82, 2.24) is 0 Å². The maximum atomic E-state index is 2.52. The topological polar surface area (TPSA) is 0 Å². The van der Waals surface area contributed by atoms with Gasteiger partial charge in [-0.05, 0) is 181 Å². The highest BCUT2D eigenvalue weighted by atomic mass is 32.1. The summed E-state index contributed by atoms with van der Waals surface area (Å²) in [5.41, 5.74) is 22.2. The van der Waals surface area contributed by atoms with Gasteiger partial charge >= 0.3 is 0 Å². The van der Waals surface area contributed by atoms with Gasteiger partial charge in [-0.15, -0.1) is 11.3 Å². The molecule has 7 aliphatic rings. The second-order valence-electron chi connectivity index (χ2n) is 17.1. The summed E-state index contributed by atoms with van der Waals surface area (Å²) in [7, 11) is 0. The lowest BCUT2D eigenvalue weighted by Gasteiger charge is -2.44. The maximum Gasteiger partial charge on any atom is 0.0386 e. The van der Waals surface area contributed by atoms with E-state index in [4.69, 9.17) is 0 Å². The van der Waals surface area contributed by atoms with Gasteiger partial charge in [-0.3, -0.25) is 0 Å². The highest BCUT2D eigenvalue weighted by Crippen LogP contribution is 2.72. The van der Waals surface area contributed by atoms with Gasteiger partial charge in [0, 0.05) is 15.2 Å². The minimum absolute atomic E-state index is 0.0901. The Morgan fingerprint density at radius 1 is 0.554 bits per heavy atom. The fraction of sp³-hybridized carbons (Fsp3) is 0.200. The average molecular weight is 735 g/mol. The van der Waals surface area contributed by atoms with Crippen molar-refractivity contribution in [1.29, 1.82) is 0 Å². The second kappa shape index (κ2) is 11.8. The molecule has 4 unspecified atom stereocenters. The molecule has 56 heavy (non-hydrogen) atoms. The van der Waals surface area contributed by atoms with Crippen molar-refractivity contribution in [2.45, 2.75) is 62.2 Å². The molecule has 0 amide bonds. The Morgan fingerprint density at radius 3 is 2.07 bits per heavy atom. The summed E-state index contributed by atoms with van der Waals surface area (Å²) in [5, 5.41) is 2.82. The van der Waals surface area contributed by atoms with Crippen molar-refractivity contribution in [2.24, 2.45) is 5.92 Å². The summed E-state index contributed by atoms with van der Waals surface area (Å²) in [6.07, 6.45) is 32.4. The molecule has 0 fully saturated rings. The van der Waals surface area contributed by atoms with Crippen molar-refractivity contribution in [2.75, 3.05) is 0 Å². The molecule has 1 aromatic heterocycles. The summed E-state index contributed by atoms with van der Waals surface area (Å²) in [6.45, 7) is 0. The van der Waals surface area contributed by atoms with Crippen LogP contribution < -0.4 is 0 Å². The van der Waals surface area contributed by atoms with Gasteiger partial charge < -0.3 is 0 Å². The number of benzene rings is 5. The molecule has 6 aromatic rings. The zero-order valence-corrected chi connectivity index (χ0v) is 32.3. The summed E-state index contributed by atoms with van der Waals surface area (Å²) in [4.78, 5) is 2.98. The zero-order chi connectivity index (χ0) is 36.5. The highest BCUT2D eigenvalue weighted by Gasteiger charge is 2.63. The van der Waals surface area contributed by atoms with Crippen molar-refractivity contribution >= 4 is 51.5 Å². The molecule has 0 aliphatic heterocycles. The monoisotopic (exact) mass is 734 g/mol. The minimum Gasteiger partial charge on any atom is -0.135 e. The van der Waals surface area contributed by atoms with E-state index in [2.05, 4.69) is 152 Å². The molecule has 0 saturated heterocycles. The first-order valence-corrected chi connectivity index (χ1v) is 21.7. The Morgan fingerprint density at radius 2 is 1.25 bits per heavy atom. The van der Waals surface area contributed by atoms with Crippen molar-refractivity contribution in [3.05, 3.63) is 193 Å². The van der Waals surface area contributed by atoms with Crippen LogP contribution in [-0.4, -0.2) is 0 Å².